The Morgan fingerprint density at radius 3 is 2.52 bits per heavy atom. The van der Waals surface area contributed by atoms with Gasteiger partial charge in [-0.3, -0.25) is 4.79 Å². The Morgan fingerprint density at radius 1 is 1.24 bits per heavy atom. The fourth-order valence-electron chi connectivity index (χ4n) is 2.96. The molecule has 1 heterocycles. The first-order valence-corrected chi connectivity index (χ1v) is 8.49. The van der Waals surface area contributed by atoms with Gasteiger partial charge in [-0.05, 0) is 30.5 Å². The fraction of sp³-hybridized carbons (Fsp3) is 0.316. The monoisotopic (exact) mass is 380 g/mol. The topological polar surface area (TPSA) is 61.4 Å². The molecule has 2 aromatic carbocycles. The molecule has 1 amide bonds. The van der Waals surface area contributed by atoms with Gasteiger partial charge in [0.05, 0.1) is 18.2 Å². The molecule has 3 atom stereocenters. The van der Waals surface area contributed by atoms with Crippen molar-refractivity contribution in [3.8, 4) is 11.1 Å². The summed E-state index contributed by atoms with van der Waals surface area (Å²) >= 11 is 6.23. The largest absolute Gasteiger partial charge is 0.392 e. The van der Waals surface area contributed by atoms with Gasteiger partial charge in [-0.2, -0.15) is 0 Å². The smallest absolute Gasteiger partial charge is 0.237 e. The van der Waals surface area contributed by atoms with Crippen molar-refractivity contribution in [3.63, 3.8) is 0 Å². The first-order chi connectivity index (χ1) is 11.5. The number of β-amino-alcohol motifs (C(OH)–C–C–N with tert-alkyl or cyclic N) is 1. The zero-order valence-electron chi connectivity index (χ0n) is 13.9. The molecular weight excluding hydrogens is 359 g/mol. The second-order valence-electron chi connectivity index (χ2n) is 6.18. The number of amides is 1. The van der Waals surface area contributed by atoms with Crippen LogP contribution in [0.4, 0.5) is 0 Å². The van der Waals surface area contributed by atoms with Crippen molar-refractivity contribution in [1.82, 2.24) is 10.6 Å². The van der Waals surface area contributed by atoms with Crippen LogP contribution in [0.3, 0.4) is 0 Å². The summed E-state index contributed by atoms with van der Waals surface area (Å²) in [4.78, 5) is 12.2. The molecule has 1 fully saturated rings. The summed E-state index contributed by atoms with van der Waals surface area (Å²) in [5.41, 5.74) is 3.06. The molecule has 1 aliphatic heterocycles. The molecule has 134 valence electrons. The minimum absolute atomic E-state index is 0. The summed E-state index contributed by atoms with van der Waals surface area (Å²) < 4.78 is 0. The standard InChI is InChI=1S/C19H21ClN2O2.ClH/c1-12(22-19(24)18-10-15(23)11-21-18)13-6-8-14(9-7-13)16-4-2-3-5-17(16)20;/h2-9,12,15,18,21,23H,10-11H2,1H3,(H,22,24);1H/t12-,15+,18-;/m0./s1. The van der Waals surface area contributed by atoms with Gasteiger partial charge in [-0.1, -0.05) is 54.1 Å². The Morgan fingerprint density at radius 2 is 1.92 bits per heavy atom. The molecule has 3 rings (SSSR count). The third-order valence-corrected chi connectivity index (χ3v) is 4.71. The van der Waals surface area contributed by atoms with Crippen LogP contribution in [-0.2, 0) is 4.79 Å². The Bertz CT molecular complexity index is 722. The second kappa shape index (κ2) is 8.68. The van der Waals surface area contributed by atoms with Crippen molar-refractivity contribution in [1.29, 1.82) is 0 Å². The first kappa shape index (κ1) is 19.7. The summed E-state index contributed by atoms with van der Waals surface area (Å²) in [7, 11) is 0. The van der Waals surface area contributed by atoms with Gasteiger partial charge >= 0.3 is 0 Å². The minimum Gasteiger partial charge on any atom is -0.392 e. The van der Waals surface area contributed by atoms with E-state index >= 15 is 0 Å². The van der Waals surface area contributed by atoms with E-state index in [4.69, 9.17) is 11.6 Å². The van der Waals surface area contributed by atoms with Crippen LogP contribution in [0.2, 0.25) is 5.02 Å². The second-order valence-corrected chi connectivity index (χ2v) is 6.59. The molecule has 0 bridgehead atoms. The number of aliphatic hydroxyl groups is 1. The van der Waals surface area contributed by atoms with E-state index in [9.17, 15) is 9.90 Å². The minimum atomic E-state index is -0.439. The molecular formula is C19H22Cl2N2O2. The van der Waals surface area contributed by atoms with Gasteiger partial charge in [0.25, 0.3) is 0 Å². The van der Waals surface area contributed by atoms with Gasteiger partial charge in [0.2, 0.25) is 5.91 Å². The number of rotatable bonds is 4. The lowest BCUT2D eigenvalue weighted by atomic mass is 10.0. The number of hydrogen-bond donors (Lipinski definition) is 3. The molecule has 0 aromatic heterocycles. The number of carbonyl (C=O) groups excluding carboxylic acids is 1. The fourth-order valence-corrected chi connectivity index (χ4v) is 3.21. The number of halogens is 2. The van der Waals surface area contributed by atoms with E-state index in [2.05, 4.69) is 10.6 Å². The number of nitrogens with one attached hydrogen (secondary N) is 2. The predicted molar refractivity (Wildman–Crippen MR) is 103 cm³/mol. The summed E-state index contributed by atoms with van der Waals surface area (Å²) in [6, 6.07) is 15.3. The van der Waals surface area contributed by atoms with E-state index in [1.807, 2.05) is 55.5 Å². The third-order valence-electron chi connectivity index (χ3n) is 4.38. The van der Waals surface area contributed by atoms with Crippen LogP contribution in [0.15, 0.2) is 48.5 Å². The van der Waals surface area contributed by atoms with Gasteiger partial charge in [0.1, 0.15) is 0 Å². The Balaban J connectivity index is 0.00000225. The van der Waals surface area contributed by atoms with Gasteiger partial charge in [-0.15, -0.1) is 12.4 Å². The first-order valence-electron chi connectivity index (χ1n) is 8.11. The van der Waals surface area contributed by atoms with E-state index in [1.165, 1.54) is 0 Å². The predicted octanol–water partition coefficient (Wildman–Crippen LogP) is 3.33. The third kappa shape index (κ3) is 4.73. The maximum Gasteiger partial charge on any atom is 0.237 e. The molecule has 0 aliphatic carbocycles. The quantitative estimate of drug-likeness (QED) is 0.762. The van der Waals surface area contributed by atoms with Crippen LogP contribution < -0.4 is 10.6 Å². The van der Waals surface area contributed by atoms with E-state index < -0.39 is 6.10 Å². The van der Waals surface area contributed by atoms with E-state index in [-0.39, 0.29) is 30.4 Å². The molecule has 4 nitrogen and oxygen atoms in total. The number of aliphatic hydroxyl groups excluding tert-OH is 1. The van der Waals surface area contributed by atoms with Crippen molar-refractivity contribution in [3.05, 3.63) is 59.1 Å². The van der Waals surface area contributed by atoms with Crippen molar-refractivity contribution >= 4 is 29.9 Å². The SMILES string of the molecule is C[C@H](NC(=O)[C@@H]1C[C@@H](O)CN1)c1ccc(-c2ccccc2Cl)cc1.Cl. The highest BCUT2D eigenvalue weighted by atomic mass is 35.5. The highest BCUT2D eigenvalue weighted by Gasteiger charge is 2.28. The molecule has 1 aliphatic rings. The van der Waals surface area contributed by atoms with Crippen LogP contribution in [0.1, 0.15) is 24.9 Å². The molecule has 0 radical (unpaired) electrons. The molecule has 1 saturated heterocycles. The zero-order valence-corrected chi connectivity index (χ0v) is 15.5. The van der Waals surface area contributed by atoms with Crippen molar-refractivity contribution in [2.24, 2.45) is 0 Å². The summed E-state index contributed by atoms with van der Waals surface area (Å²) in [6.45, 7) is 2.42. The maximum atomic E-state index is 12.2. The average Bonchev–Trinajstić information content (AvgIpc) is 3.02. The molecule has 3 N–H and O–H groups in total. The van der Waals surface area contributed by atoms with E-state index in [1.54, 1.807) is 0 Å². The van der Waals surface area contributed by atoms with Crippen LogP contribution in [-0.4, -0.2) is 29.7 Å². The maximum absolute atomic E-state index is 12.2. The Hall–Kier alpha value is -1.59. The molecule has 0 saturated carbocycles. The Kier molecular flexibility index (Phi) is 6.85. The molecule has 6 heteroatoms. The normalized spacial score (nSPS) is 20.6. The van der Waals surface area contributed by atoms with Crippen LogP contribution in [0.25, 0.3) is 11.1 Å². The van der Waals surface area contributed by atoms with E-state index in [0.717, 1.165) is 21.7 Å². The van der Waals surface area contributed by atoms with Gasteiger partial charge < -0.3 is 15.7 Å². The summed E-state index contributed by atoms with van der Waals surface area (Å²) in [5, 5.41) is 16.2. The van der Waals surface area contributed by atoms with Gasteiger partial charge in [-0.25, -0.2) is 0 Å². The number of benzene rings is 2. The molecule has 25 heavy (non-hydrogen) atoms. The highest BCUT2D eigenvalue weighted by Crippen LogP contribution is 2.28. The molecule has 0 spiro atoms. The lowest BCUT2D eigenvalue weighted by Gasteiger charge is -2.18. The van der Waals surface area contributed by atoms with Crippen molar-refractivity contribution in [2.75, 3.05) is 6.54 Å². The van der Waals surface area contributed by atoms with E-state index in [0.29, 0.717) is 13.0 Å². The van der Waals surface area contributed by atoms with Crippen LogP contribution >= 0.6 is 24.0 Å². The highest BCUT2D eigenvalue weighted by molar-refractivity contribution is 6.33. The number of carbonyl (C=O) groups is 1. The van der Waals surface area contributed by atoms with Gasteiger partial charge in [0.15, 0.2) is 0 Å². The van der Waals surface area contributed by atoms with Crippen molar-refractivity contribution < 1.29 is 9.90 Å². The zero-order chi connectivity index (χ0) is 17.1. The van der Waals surface area contributed by atoms with Crippen LogP contribution in [0.5, 0.6) is 0 Å². The Labute approximate surface area is 159 Å². The number of hydrogen-bond acceptors (Lipinski definition) is 3. The lowest BCUT2D eigenvalue weighted by Crippen LogP contribution is -2.41. The lowest BCUT2D eigenvalue weighted by molar-refractivity contribution is -0.123. The summed E-state index contributed by atoms with van der Waals surface area (Å²) in [6.07, 6.45) is 0.0234. The summed E-state index contributed by atoms with van der Waals surface area (Å²) in [5.74, 6) is -0.0748. The van der Waals surface area contributed by atoms with Crippen LogP contribution in [0, 0.1) is 0 Å². The average molecular weight is 381 g/mol. The molecule has 0 unspecified atom stereocenters. The van der Waals surface area contributed by atoms with Crippen molar-refractivity contribution in [2.45, 2.75) is 31.5 Å². The molecule has 2 aromatic rings. The van der Waals surface area contributed by atoms with Gasteiger partial charge in [0, 0.05) is 17.1 Å².